The molecule has 2 aromatic rings. The van der Waals surface area contributed by atoms with Crippen LogP contribution < -0.4 is 10.2 Å². The number of hydrogen-bond donors (Lipinski definition) is 1. The molecule has 29 heavy (non-hydrogen) atoms. The normalized spacial score (nSPS) is 14.5. The summed E-state index contributed by atoms with van der Waals surface area (Å²) >= 11 is 0. The van der Waals surface area contributed by atoms with E-state index in [9.17, 15) is 18.0 Å². The summed E-state index contributed by atoms with van der Waals surface area (Å²) in [7, 11) is -2.38. The highest BCUT2D eigenvalue weighted by molar-refractivity contribution is 7.89. The van der Waals surface area contributed by atoms with Gasteiger partial charge in [-0.05, 0) is 67.8 Å². The number of likely N-dealkylation sites (N-methyl/N-ethyl adjacent to an activating group) is 1. The second kappa shape index (κ2) is 8.34. The SMILES string of the molecule is Cc1ccc(S(=O)(=O)N(C)CC(=O)Nc2ccc(N3CCCC3=O)cc2)cc1C. The molecule has 3 rings (SSSR count). The fourth-order valence-corrected chi connectivity index (χ4v) is 4.40. The molecule has 1 heterocycles. The Morgan fingerprint density at radius 3 is 2.38 bits per heavy atom. The van der Waals surface area contributed by atoms with Crippen molar-refractivity contribution in [3.63, 3.8) is 0 Å². The van der Waals surface area contributed by atoms with Crippen LogP contribution in [-0.2, 0) is 19.6 Å². The summed E-state index contributed by atoms with van der Waals surface area (Å²) in [6, 6.07) is 11.9. The van der Waals surface area contributed by atoms with Gasteiger partial charge in [-0.3, -0.25) is 9.59 Å². The number of amides is 2. The smallest absolute Gasteiger partial charge is 0.243 e. The predicted octanol–water partition coefficient (Wildman–Crippen LogP) is 2.69. The van der Waals surface area contributed by atoms with Gasteiger partial charge in [-0.15, -0.1) is 0 Å². The van der Waals surface area contributed by atoms with Crippen molar-refractivity contribution in [2.75, 3.05) is 30.4 Å². The van der Waals surface area contributed by atoms with Gasteiger partial charge in [0.1, 0.15) is 0 Å². The third-order valence-corrected chi connectivity index (χ3v) is 6.89. The number of carbonyl (C=O) groups excluding carboxylic acids is 2. The maximum absolute atomic E-state index is 12.7. The molecular formula is C21H25N3O4S. The summed E-state index contributed by atoms with van der Waals surface area (Å²) in [6.45, 7) is 4.15. The molecule has 1 fully saturated rings. The van der Waals surface area contributed by atoms with Crippen LogP contribution in [0, 0.1) is 13.8 Å². The molecule has 1 aliphatic heterocycles. The van der Waals surface area contributed by atoms with E-state index in [1.54, 1.807) is 47.4 Å². The Labute approximate surface area is 171 Å². The van der Waals surface area contributed by atoms with Crippen LogP contribution in [0.4, 0.5) is 11.4 Å². The summed E-state index contributed by atoms with van der Waals surface area (Å²) in [5, 5.41) is 2.70. The average molecular weight is 416 g/mol. The van der Waals surface area contributed by atoms with Crippen molar-refractivity contribution < 1.29 is 18.0 Å². The lowest BCUT2D eigenvalue weighted by Gasteiger charge is -2.18. The summed E-state index contributed by atoms with van der Waals surface area (Å²) in [5.74, 6) is -0.343. The molecule has 1 saturated heterocycles. The first-order valence-corrected chi connectivity index (χ1v) is 10.9. The lowest BCUT2D eigenvalue weighted by Crippen LogP contribution is -2.35. The second-order valence-electron chi connectivity index (χ2n) is 7.25. The van der Waals surface area contributed by atoms with Gasteiger partial charge in [0.25, 0.3) is 0 Å². The van der Waals surface area contributed by atoms with E-state index in [0.717, 1.165) is 27.5 Å². The van der Waals surface area contributed by atoms with Gasteiger partial charge in [-0.1, -0.05) is 6.07 Å². The Morgan fingerprint density at radius 1 is 1.10 bits per heavy atom. The molecule has 2 amide bonds. The van der Waals surface area contributed by atoms with Crippen LogP contribution in [0.15, 0.2) is 47.4 Å². The monoisotopic (exact) mass is 415 g/mol. The van der Waals surface area contributed by atoms with Gasteiger partial charge in [0.2, 0.25) is 21.8 Å². The summed E-state index contributed by atoms with van der Waals surface area (Å²) in [6.07, 6.45) is 1.40. The molecule has 1 N–H and O–H groups in total. The largest absolute Gasteiger partial charge is 0.325 e. The molecule has 0 aromatic heterocycles. The van der Waals surface area contributed by atoms with Gasteiger partial charge in [0.15, 0.2) is 0 Å². The van der Waals surface area contributed by atoms with E-state index in [2.05, 4.69) is 5.32 Å². The molecule has 0 saturated carbocycles. The van der Waals surface area contributed by atoms with E-state index in [1.807, 2.05) is 13.8 Å². The van der Waals surface area contributed by atoms with Gasteiger partial charge in [0.05, 0.1) is 11.4 Å². The Balaban J connectivity index is 1.63. The van der Waals surface area contributed by atoms with Crippen molar-refractivity contribution in [1.29, 1.82) is 0 Å². The molecule has 0 unspecified atom stereocenters. The van der Waals surface area contributed by atoms with Gasteiger partial charge in [0, 0.05) is 31.4 Å². The van der Waals surface area contributed by atoms with Gasteiger partial charge < -0.3 is 10.2 Å². The average Bonchev–Trinajstić information content (AvgIpc) is 3.10. The number of aryl methyl sites for hydroxylation is 2. The number of rotatable bonds is 6. The molecule has 0 radical (unpaired) electrons. The molecule has 0 bridgehead atoms. The van der Waals surface area contributed by atoms with Crippen LogP contribution in [0.3, 0.4) is 0 Å². The maximum Gasteiger partial charge on any atom is 0.243 e. The highest BCUT2D eigenvalue weighted by Crippen LogP contribution is 2.23. The van der Waals surface area contributed by atoms with E-state index < -0.39 is 15.9 Å². The topological polar surface area (TPSA) is 86.8 Å². The molecule has 2 aromatic carbocycles. The number of nitrogens with zero attached hydrogens (tertiary/aromatic N) is 2. The standard InChI is InChI=1S/C21H25N3O4S/c1-15-6-11-19(13-16(15)2)29(27,28)23(3)14-20(25)22-17-7-9-18(10-8-17)24-12-4-5-21(24)26/h6-11,13H,4-5,12,14H2,1-3H3,(H,22,25). The molecule has 8 heteroatoms. The minimum absolute atomic E-state index is 0.0972. The molecule has 1 aliphatic rings. The van der Waals surface area contributed by atoms with Crippen molar-refractivity contribution in [1.82, 2.24) is 4.31 Å². The van der Waals surface area contributed by atoms with Crippen molar-refractivity contribution in [2.24, 2.45) is 0 Å². The van der Waals surface area contributed by atoms with E-state index in [1.165, 1.54) is 7.05 Å². The van der Waals surface area contributed by atoms with Crippen molar-refractivity contribution in [2.45, 2.75) is 31.6 Å². The van der Waals surface area contributed by atoms with Crippen molar-refractivity contribution in [3.05, 3.63) is 53.6 Å². The molecule has 0 atom stereocenters. The molecule has 7 nitrogen and oxygen atoms in total. The van der Waals surface area contributed by atoms with Crippen LogP contribution in [0.2, 0.25) is 0 Å². The third-order valence-electron chi connectivity index (χ3n) is 5.09. The first kappa shape index (κ1) is 21.0. The van der Waals surface area contributed by atoms with E-state index >= 15 is 0 Å². The molecular weight excluding hydrogens is 390 g/mol. The Morgan fingerprint density at radius 2 is 1.79 bits per heavy atom. The summed E-state index contributed by atoms with van der Waals surface area (Å²) in [4.78, 5) is 26.0. The van der Waals surface area contributed by atoms with Gasteiger partial charge in [-0.2, -0.15) is 4.31 Å². The highest BCUT2D eigenvalue weighted by Gasteiger charge is 2.24. The number of sulfonamides is 1. The number of anilines is 2. The van der Waals surface area contributed by atoms with E-state index in [4.69, 9.17) is 0 Å². The lowest BCUT2D eigenvalue weighted by atomic mass is 10.1. The zero-order valence-electron chi connectivity index (χ0n) is 16.8. The van der Waals surface area contributed by atoms with Crippen LogP contribution in [0.1, 0.15) is 24.0 Å². The molecule has 0 aliphatic carbocycles. The number of benzene rings is 2. The van der Waals surface area contributed by atoms with Gasteiger partial charge in [-0.25, -0.2) is 8.42 Å². The minimum atomic E-state index is -3.76. The Kier molecular flexibility index (Phi) is 6.04. The Hall–Kier alpha value is -2.71. The zero-order chi connectivity index (χ0) is 21.2. The number of carbonyl (C=O) groups is 2. The van der Waals surface area contributed by atoms with Crippen LogP contribution >= 0.6 is 0 Å². The van der Waals surface area contributed by atoms with E-state index in [0.29, 0.717) is 18.7 Å². The van der Waals surface area contributed by atoms with Crippen molar-refractivity contribution in [3.8, 4) is 0 Å². The highest BCUT2D eigenvalue weighted by atomic mass is 32.2. The first-order valence-electron chi connectivity index (χ1n) is 9.42. The number of nitrogens with one attached hydrogen (secondary N) is 1. The minimum Gasteiger partial charge on any atom is -0.325 e. The fraction of sp³-hybridized carbons (Fsp3) is 0.333. The van der Waals surface area contributed by atoms with Crippen LogP contribution in [0.25, 0.3) is 0 Å². The van der Waals surface area contributed by atoms with Crippen molar-refractivity contribution >= 4 is 33.2 Å². The van der Waals surface area contributed by atoms with Gasteiger partial charge >= 0.3 is 0 Å². The Bertz CT molecular complexity index is 1030. The molecule has 0 spiro atoms. The maximum atomic E-state index is 12.7. The summed E-state index contributed by atoms with van der Waals surface area (Å²) in [5.41, 5.74) is 3.21. The quantitative estimate of drug-likeness (QED) is 0.786. The van der Waals surface area contributed by atoms with Crippen LogP contribution in [-0.4, -0.2) is 44.7 Å². The predicted molar refractivity (Wildman–Crippen MR) is 112 cm³/mol. The van der Waals surface area contributed by atoms with Crippen LogP contribution in [0.5, 0.6) is 0 Å². The first-order chi connectivity index (χ1) is 13.7. The number of hydrogen-bond acceptors (Lipinski definition) is 4. The molecule has 154 valence electrons. The summed E-state index contributed by atoms with van der Waals surface area (Å²) < 4.78 is 26.5. The third kappa shape index (κ3) is 4.65. The van der Waals surface area contributed by atoms with E-state index in [-0.39, 0.29) is 17.3 Å². The lowest BCUT2D eigenvalue weighted by molar-refractivity contribution is -0.117. The zero-order valence-corrected chi connectivity index (χ0v) is 17.6. The second-order valence-corrected chi connectivity index (χ2v) is 9.30. The fourth-order valence-electron chi connectivity index (χ4n) is 3.19.